The second kappa shape index (κ2) is 6.80. The lowest BCUT2D eigenvalue weighted by Gasteiger charge is -2.23. The van der Waals surface area contributed by atoms with Crippen molar-refractivity contribution in [1.82, 2.24) is 9.88 Å². The summed E-state index contributed by atoms with van der Waals surface area (Å²) in [5.74, 6) is -0.958. The van der Waals surface area contributed by atoms with Crippen LogP contribution in [0.25, 0.3) is 0 Å². The Labute approximate surface area is 116 Å². The van der Waals surface area contributed by atoms with Gasteiger partial charge in [-0.25, -0.2) is 4.98 Å². The summed E-state index contributed by atoms with van der Waals surface area (Å²) < 4.78 is 0. The molecule has 1 heterocycles. The lowest BCUT2D eigenvalue weighted by Crippen LogP contribution is -2.36. The van der Waals surface area contributed by atoms with E-state index in [0.717, 1.165) is 0 Å². The number of carboxylic acids is 1. The smallest absolute Gasteiger partial charge is 0.323 e. The molecule has 0 amide bonds. The highest BCUT2D eigenvalue weighted by atomic mass is 16.6. The Morgan fingerprint density at radius 2 is 2.10 bits per heavy atom. The number of aryl methyl sites for hydroxylation is 1. The summed E-state index contributed by atoms with van der Waals surface area (Å²) in [7, 11) is 3.69. The Bertz CT molecular complexity index is 504. The number of likely N-dealkylation sites (N-methyl/N-ethyl adjacent to an activating group) is 1. The molecule has 0 spiro atoms. The Kier molecular flexibility index (Phi) is 5.39. The molecule has 1 aromatic heterocycles. The number of hydrogen-bond donors (Lipinski definition) is 1. The van der Waals surface area contributed by atoms with E-state index >= 15 is 0 Å². The van der Waals surface area contributed by atoms with Crippen LogP contribution in [0.3, 0.4) is 0 Å². The molecule has 8 nitrogen and oxygen atoms in total. The number of aromatic nitrogens is 1. The molecular formula is C12H18N4O4. The summed E-state index contributed by atoms with van der Waals surface area (Å²) in [4.78, 5) is 28.8. The molecule has 0 aliphatic rings. The first kappa shape index (κ1) is 15.8. The van der Waals surface area contributed by atoms with Crippen molar-refractivity contribution in [3.8, 4) is 0 Å². The Morgan fingerprint density at radius 1 is 1.45 bits per heavy atom. The minimum Gasteiger partial charge on any atom is -0.480 e. The fourth-order valence-corrected chi connectivity index (χ4v) is 1.74. The van der Waals surface area contributed by atoms with Crippen molar-refractivity contribution in [2.24, 2.45) is 0 Å². The van der Waals surface area contributed by atoms with Crippen LogP contribution >= 0.6 is 0 Å². The molecule has 0 atom stereocenters. The third-order valence-corrected chi connectivity index (χ3v) is 2.73. The van der Waals surface area contributed by atoms with E-state index in [9.17, 15) is 14.9 Å². The predicted octanol–water partition coefficient (Wildman–Crippen LogP) is 0.751. The highest BCUT2D eigenvalue weighted by molar-refractivity contribution is 5.75. The molecule has 20 heavy (non-hydrogen) atoms. The van der Waals surface area contributed by atoms with Gasteiger partial charge in [0.05, 0.1) is 4.92 Å². The van der Waals surface area contributed by atoms with Gasteiger partial charge in [0.2, 0.25) is 5.82 Å². The summed E-state index contributed by atoms with van der Waals surface area (Å²) in [6.07, 6.45) is 1.45. The number of hydrogen-bond acceptors (Lipinski definition) is 6. The third-order valence-electron chi connectivity index (χ3n) is 2.73. The zero-order valence-corrected chi connectivity index (χ0v) is 11.7. The zero-order chi connectivity index (χ0) is 15.3. The van der Waals surface area contributed by atoms with E-state index < -0.39 is 10.9 Å². The van der Waals surface area contributed by atoms with Crippen LogP contribution in [0.1, 0.15) is 5.56 Å². The van der Waals surface area contributed by atoms with Crippen molar-refractivity contribution < 1.29 is 14.8 Å². The molecule has 0 saturated carbocycles. The first-order chi connectivity index (χ1) is 9.32. The SMILES string of the molecule is Cc1ccnc(N(CCN(C)C)CC(=O)O)c1[N+](=O)[O-]. The third kappa shape index (κ3) is 4.16. The lowest BCUT2D eigenvalue weighted by molar-refractivity contribution is -0.384. The molecule has 0 unspecified atom stereocenters. The van der Waals surface area contributed by atoms with Crippen molar-refractivity contribution in [3.63, 3.8) is 0 Å². The van der Waals surface area contributed by atoms with E-state index in [1.54, 1.807) is 6.92 Å². The van der Waals surface area contributed by atoms with Crippen LogP contribution in [0.5, 0.6) is 0 Å². The summed E-state index contributed by atoms with van der Waals surface area (Å²) in [5, 5.41) is 20.1. The molecular weight excluding hydrogens is 264 g/mol. The van der Waals surface area contributed by atoms with Crippen LogP contribution in [-0.4, -0.2) is 59.6 Å². The maximum absolute atomic E-state index is 11.2. The van der Waals surface area contributed by atoms with Gasteiger partial charge in [0.25, 0.3) is 0 Å². The van der Waals surface area contributed by atoms with E-state index in [2.05, 4.69) is 4.98 Å². The zero-order valence-electron chi connectivity index (χ0n) is 11.7. The quantitative estimate of drug-likeness (QED) is 0.581. The van der Waals surface area contributed by atoms with Gasteiger partial charge in [-0.2, -0.15) is 0 Å². The molecule has 1 aromatic rings. The monoisotopic (exact) mass is 282 g/mol. The van der Waals surface area contributed by atoms with Gasteiger partial charge in [-0.05, 0) is 27.1 Å². The number of aliphatic carboxylic acids is 1. The summed E-state index contributed by atoms with van der Waals surface area (Å²) in [6.45, 7) is 2.19. The summed E-state index contributed by atoms with van der Waals surface area (Å²) in [5.41, 5.74) is 0.313. The number of anilines is 1. The van der Waals surface area contributed by atoms with Crippen LogP contribution in [0.2, 0.25) is 0 Å². The molecule has 0 radical (unpaired) electrons. The van der Waals surface area contributed by atoms with Gasteiger partial charge in [-0.3, -0.25) is 14.9 Å². The normalized spacial score (nSPS) is 10.6. The van der Waals surface area contributed by atoms with Gasteiger partial charge < -0.3 is 14.9 Å². The van der Waals surface area contributed by atoms with Crippen LogP contribution in [0, 0.1) is 17.0 Å². The number of nitro groups is 1. The van der Waals surface area contributed by atoms with Crippen molar-refractivity contribution in [1.29, 1.82) is 0 Å². The fourth-order valence-electron chi connectivity index (χ4n) is 1.74. The van der Waals surface area contributed by atoms with Crippen molar-refractivity contribution in [3.05, 3.63) is 27.9 Å². The Balaban J connectivity index is 3.15. The van der Waals surface area contributed by atoms with E-state index in [1.807, 2.05) is 19.0 Å². The maximum atomic E-state index is 11.2. The predicted molar refractivity (Wildman–Crippen MR) is 74.0 cm³/mol. The number of rotatable bonds is 7. The van der Waals surface area contributed by atoms with E-state index in [0.29, 0.717) is 18.7 Å². The second-order valence-corrected chi connectivity index (χ2v) is 4.68. The van der Waals surface area contributed by atoms with Crippen LogP contribution in [0.4, 0.5) is 11.5 Å². The van der Waals surface area contributed by atoms with Gasteiger partial charge in [0.1, 0.15) is 6.54 Å². The maximum Gasteiger partial charge on any atom is 0.323 e. The average Bonchev–Trinajstić information content (AvgIpc) is 2.33. The number of nitrogens with zero attached hydrogens (tertiary/aromatic N) is 4. The molecule has 0 bridgehead atoms. The van der Waals surface area contributed by atoms with Gasteiger partial charge in [-0.15, -0.1) is 0 Å². The van der Waals surface area contributed by atoms with Gasteiger partial charge in [0.15, 0.2) is 0 Å². The highest BCUT2D eigenvalue weighted by Crippen LogP contribution is 2.28. The van der Waals surface area contributed by atoms with Gasteiger partial charge in [-0.1, -0.05) is 0 Å². The van der Waals surface area contributed by atoms with E-state index in [4.69, 9.17) is 5.11 Å². The molecule has 0 saturated heterocycles. The lowest BCUT2D eigenvalue weighted by atomic mass is 10.2. The molecule has 110 valence electrons. The van der Waals surface area contributed by atoms with E-state index in [-0.39, 0.29) is 18.1 Å². The Morgan fingerprint density at radius 3 is 2.60 bits per heavy atom. The van der Waals surface area contributed by atoms with Crippen LogP contribution in [-0.2, 0) is 4.79 Å². The topological polar surface area (TPSA) is 99.8 Å². The number of carbonyl (C=O) groups is 1. The average molecular weight is 282 g/mol. The molecule has 1 N–H and O–H groups in total. The van der Waals surface area contributed by atoms with Gasteiger partial charge in [0, 0.05) is 24.8 Å². The minimum atomic E-state index is -1.05. The standard InChI is InChI=1S/C12H18N4O4/c1-9-4-5-13-12(11(9)16(19)20)15(8-10(17)18)7-6-14(2)3/h4-5H,6-8H2,1-3H3,(H,17,18). The van der Waals surface area contributed by atoms with Gasteiger partial charge >= 0.3 is 11.7 Å². The van der Waals surface area contributed by atoms with Crippen LogP contribution < -0.4 is 4.90 Å². The first-order valence-electron chi connectivity index (χ1n) is 6.04. The van der Waals surface area contributed by atoms with E-state index in [1.165, 1.54) is 17.2 Å². The molecule has 0 aliphatic carbocycles. The van der Waals surface area contributed by atoms with Crippen molar-refractivity contribution in [2.75, 3.05) is 38.6 Å². The number of pyridine rings is 1. The fraction of sp³-hybridized carbons (Fsp3) is 0.500. The second-order valence-electron chi connectivity index (χ2n) is 4.68. The molecule has 0 fully saturated rings. The minimum absolute atomic E-state index is 0.0965. The number of carboxylic acid groups (broad SMARTS) is 1. The van der Waals surface area contributed by atoms with Crippen molar-refractivity contribution in [2.45, 2.75) is 6.92 Å². The molecule has 0 aromatic carbocycles. The van der Waals surface area contributed by atoms with Crippen LogP contribution in [0.15, 0.2) is 12.3 Å². The summed E-state index contributed by atoms with van der Waals surface area (Å²) in [6, 6.07) is 1.53. The first-order valence-corrected chi connectivity index (χ1v) is 6.04. The summed E-state index contributed by atoms with van der Waals surface area (Å²) >= 11 is 0. The van der Waals surface area contributed by atoms with Crippen molar-refractivity contribution >= 4 is 17.5 Å². The Hall–Kier alpha value is -2.22. The largest absolute Gasteiger partial charge is 0.480 e. The molecule has 8 heteroatoms. The molecule has 1 rings (SSSR count). The highest BCUT2D eigenvalue weighted by Gasteiger charge is 2.24. The molecule has 0 aliphatic heterocycles.